The van der Waals surface area contributed by atoms with Gasteiger partial charge in [-0.05, 0) is 18.4 Å². The highest BCUT2D eigenvalue weighted by atomic mass is 32.1. The molecule has 2 nitrogen and oxygen atoms in total. The van der Waals surface area contributed by atoms with E-state index in [1.54, 1.807) is 22.7 Å². The molecule has 0 aliphatic rings. The second-order valence-electron chi connectivity index (χ2n) is 3.03. The summed E-state index contributed by atoms with van der Waals surface area (Å²) in [4.78, 5) is 7.20. The van der Waals surface area contributed by atoms with Crippen LogP contribution in [0.5, 0.6) is 0 Å². The lowest BCUT2D eigenvalue weighted by Crippen LogP contribution is -1.90. The lowest BCUT2D eigenvalue weighted by molar-refractivity contribution is 1.11. The minimum absolute atomic E-state index is 0.960. The Balaban J connectivity index is 2.20. The van der Waals surface area contributed by atoms with Gasteiger partial charge in [-0.3, -0.25) is 0 Å². The minimum Gasteiger partial charge on any atom is -0.365 e. The molecule has 0 fully saturated rings. The van der Waals surface area contributed by atoms with Crippen LogP contribution >= 0.6 is 22.7 Å². The van der Waals surface area contributed by atoms with E-state index < -0.39 is 0 Å². The van der Waals surface area contributed by atoms with Crippen LogP contribution in [-0.2, 0) is 6.42 Å². The Kier molecular flexibility index (Phi) is 2.84. The molecule has 0 saturated heterocycles. The molecule has 2 rings (SSSR count). The third kappa shape index (κ3) is 1.96. The summed E-state index contributed by atoms with van der Waals surface area (Å²) in [6.45, 7) is 2.13. The lowest BCUT2D eigenvalue weighted by atomic mass is 10.2. The lowest BCUT2D eigenvalue weighted by Gasteiger charge is -1.93. The predicted octanol–water partition coefficient (Wildman–Crippen LogP) is 3.15. The first-order valence-corrected chi connectivity index (χ1v) is 6.15. The molecule has 14 heavy (non-hydrogen) atoms. The summed E-state index contributed by atoms with van der Waals surface area (Å²) in [7, 11) is 1.91. The molecule has 0 radical (unpaired) electrons. The van der Waals surface area contributed by atoms with Gasteiger partial charge in [-0.15, -0.1) is 22.7 Å². The summed E-state index contributed by atoms with van der Waals surface area (Å²) in [5, 5.41) is 6.19. The van der Waals surface area contributed by atoms with E-state index in [1.165, 1.54) is 15.4 Å². The molecule has 0 atom stereocenters. The first-order chi connectivity index (χ1) is 6.79. The number of thiophene rings is 1. The zero-order valence-corrected chi connectivity index (χ0v) is 9.84. The largest absolute Gasteiger partial charge is 0.365 e. The SMILES string of the molecule is CNc1nc(Cc2cccs2)c(C)s1. The Morgan fingerprint density at radius 3 is 2.93 bits per heavy atom. The molecular weight excluding hydrogens is 212 g/mol. The van der Waals surface area contributed by atoms with Crippen molar-refractivity contribution >= 4 is 27.8 Å². The summed E-state index contributed by atoms with van der Waals surface area (Å²) in [5.41, 5.74) is 1.20. The van der Waals surface area contributed by atoms with Gasteiger partial charge >= 0.3 is 0 Å². The van der Waals surface area contributed by atoms with Crippen molar-refractivity contribution in [2.75, 3.05) is 12.4 Å². The first kappa shape index (κ1) is 9.68. The summed E-state index contributed by atoms with van der Waals surface area (Å²) in [5.74, 6) is 0. The highest BCUT2D eigenvalue weighted by Gasteiger charge is 2.07. The number of rotatable bonds is 3. The summed E-state index contributed by atoms with van der Waals surface area (Å²) < 4.78 is 0. The van der Waals surface area contributed by atoms with Gasteiger partial charge in [0.05, 0.1) is 5.69 Å². The monoisotopic (exact) mass is 224 g/mol. The van der Waals surface area contributed by atoms with Crippen molar-refractivity contribution in [3.05, 3.63) is 33.0 Å². The second-order valence-corrected chi connectivity index (χ2v) is 5.26. The Labute approximate surface area is 91.6 Å². The van der Waals surface area contributed by atoms with Gasteiger partial charge in [0, 0.05) is 23.2 Å². The maximum atomic E-state index is 4.52. The van der Waals surface area contributed by atoms with E-state index >= 15 is 0 Å². The van der Waals surface area contributed by atoms with Crippen molar-refractivity contribution < 1.29 is 0 Å². The van der Waals surface area contributed by atoms with Crippen LogP contribution in [0.1, 0.15) is 15.4 Å². The molecule has 2 aromatic heterocycles. The third-order valence-electron chi connectivity index (χ3n) is 2.03. The normalized spacial score (nSPS) is 10.4. The Morgan fingerprint density at radius 1 is 1.50 bits per heavy atom. The molecule has 74 valence electrons. The van der Waals surface area contributed by atoms with E-state index in [-0.39, 0.29) is 0 Å². The van der Waals surface area contributed by atoms with E-state index in [0.717, 1.165) is 11.6 Å². The zero-order valence-electron chi connectivity index (χ0n) is 8.20. The second kappa shape index (κ2) is 4.11. The number of aryl methyl sites for hydroxylation is 1. The van der Waals surface area contributed by atoms with E-state index in [4.69, 9.17) is 0 Å². The molecule has 2 heterocycles. The number of hydrogen-bond donors (Lipinski definition) is 1. The van der Waals surface area contributed by atoms with E-state index in [0.29, 0.717) is 0 Å². The van der Waals surface area contributed by atoms with Gasteiger partial charge < -0.3 is 5.32 Å². The van der Waals surface area contributed by atoms with Gasteiger partial charge in [-0.25, -0.2) is 4.98 Å². The quantitative estimate of drug-likeness (QED) is 0.866. The summed E-state index contributed by atoms with van der Waals surface area (Å²) >= 11 is 3.51. The Morgan fingerprint density at radius 2 is 2.36 bits per heavy atom. The fourth-order valence-corrected chi connectivity index (χ4v) is 2.77. The van der Waals surface area contributed by atoms with Crippen molar-refractivity contribution in [1.29, 1.82) is 0 Å². The van der Waals surface area contributed by atoms with Gasteiger partial charge in [0.15, 0.2) is 5.13 Å². The van der Waals surface area contributed by atoms with E-state index in [2.05, 4.69) is 34.7 Å². The standard InChI is InChI=1S/C10H12N2S2/c1-7-9(12-10(11-2)14-7)6-8-4-3-5-13-8/h3-5H,6H2,1-2H3,(H,11,12). The highest BCUT2D eigenvalue weighted by molar-refractivity contribution is 7.15. The van der Waals surface area contributed by atoms with Gasteiger partial charge in [0.2, 0.25) is 0 Å². The number of nitrogens with zero attached hydrogens (tertiary/aromatic N) is 1. The molecule has 2 aromatic rings. The molecule has 0 aliphatic carbocycles. The van der Waals surface area contributed by atoms with Crippen LogP contribution in [0.25, 0.3) is 0 Å². The number of hydrogen-bond acceptors (Lipinski definition) is 4. The van der Waals surface area contributed by atoms with Crippen LogP contribution in [0.2, 0.25) is 0 Å². The predicted molar refractivity (Wildman–Crippen MR) is 63.5 cm³/mol. The molecule has 0 aromatic carbocycles. The molecule has 0 amide bonds. The highest BCUT2D eigenvalue weighted by Crippen LogP contribution is 2.24. The fraction of sp³-hybridized carbons (Fsp3) is 0.300. The average Bonchev–Trinajstić information content (AvgIpc) is 2.78. The smallest absolute Gasteiger partial charge is 0.182 e. The average molecular weight is 224 g/mol. The molecule has 0 bridgehead atoms. The van der Waals surface area contributed by atoms with Crippen LogP contribution in [0.3, 0.4) is 0 Å². The van der Waals surface area contributed by atoms with Crippen molar-refractivity contribution in [2.45, 2.75) is 13.3 Å². The summed E-state index contributed by atoms with van der Waals surface area (Å²) in [6, 6.07) is 4.24. The van der Waals surface area contributed by atoms with E-state index in [9.17, 15) is 0 Å². The van der Waals surface area contributed by atoms with Crippen LogP contribution in [0.4, 0.5) is 5.13 Å². The molecule has 1 N–H and O–H groups in total. The van der Waals surface area contributed by atoms with Crippen molar-refractivity contribution in [3.63, 3.8) is 0 Å². The van der Waals surface area contributed by atoms with Crippen LogP contribution < -0.4 is 5.32 Å². The Bertz CT molecular complexity index is 404. The number of nitrogens with one attached hydrogen (secondary N) is 1. The van der Waals surface area contributed by atoms with Gasteiger partial charge in [-0.2, -0.15) is 0 Å². The topological polar surface area (TPSA) is 24.9 Å². The zero-order chi connectivity index (χ0) is 9.97. The van der Waals surface area contributed by atoms with Crippen molar-refractivity contribution in [2.24, 2.45) is 0 Å². The van der Waals surface area contributed by atoms with E-state index in [1.807, 2.05) is 7.05 Å². The maximum absolute atomic E-state index is 4.52. The molecule has 0 spiro atoms. The molecule has 0 saturated carbocycles. The van der Waals surface area contributed by atoms with Crippen LogP contribution in [0.15, 0.2) is 17.5 Å². The molecular formula is C10H12N2S2. The minimum atomic E-state index is 0.960. The van der Waals surface area contributed by atoms with Crippen LogP contribution in [-0.4, -0.2) is 12.0 Å². The van der Waals surface area contributed by atoms with Gasteiger partial charge in [0.25, 0.3) is 0 Å². The Hall–Kier alpha value is -0.870. The summed E-state index contributed by atoms with van der Waals surface area (Å²) in [6.07, 6.45) is 0.960. The number of aromatic nitrogens is 1. The number of thiazole rings is 1. The van der Waals surface area contributed by atoms with Gasteiger partial charge in [0.1, 0.15) is 0 Å². The third-order valence-corrected chi connectivity index (χ3v) is 3.94. The molecule has 0 aliphatic heterocycles. The fourth-order valence-electron chi connectivity index (χ4n) is 1.28. The first-order valence-electron chi connectivity index (χ1n) is 4.46. The number of anilines is 1. The van der Waals surface area contributed by atoms with Crippen molar-refractivity contribution in [3.8, 4) is 0 Å². The van der Waals surface area contributed by atoms with Gasteiger partial charge in [-0.1, -0.05) is 6.07 Å². The molecule has 4 heteroatoms. The molecule has 0 unspecified atom stereocenters. The van der Waals surface area contributed by atoms with Crippen molar-refractivity contribution in [1.82, 2.24) is 4.98 Å². The van der Waals surface area contributed by atoms with Crippen LogP contribution in [0, 0.1) is 6.92 Å². The maximum Gasteiger partial charge on any atom is 0.182 e.